The van der Waals surface area contributed by atoms with Gasteiger partial charge in [-0.2, -0.15) is 5.10 Å². The molecule has 2 rings (SSSR count). The van der Waals surface area contributed by atoms with Gasteiger partial charge in [-0.05, 0) is 25.3 Å². The van der Waals surface area contributed by atoms with Gasteiger partial charge in [0.05, 0.1) is 0 Å². The molecule has 0 spiro atoms. The van der Waals surface area contributed by atoms with E-state index in [1.54, 1.807) is 25.2 Å². The largest absolute Gasteiger partial charge is 0.356 e. The molecule has 1 fully saturated rings. The number of carbonyl (C=O) groups excluding carboxylic acids is 1. The van der Waals surface area contributed by atoms with Crippen LogP contribution in [-0.4, -0.2) is 59.8 Å². The zero-order valence-corrected chi connectivity index (χ0v) is 17.6. The van der Waals surface area contributed by atoms with Crippen LogP contribution < -0.4 is 10.6 Å². The summed E-state index contributed by atoms with van der Waals surface area (Å²) in [6.45, 7) is 1.84. The fraction of sp³-hybridized carbons (Fsp3) is 0.706. The fourth-order valence-corrected chi connectivity index (χ4v) is 2.76. The van der Waals surface area contributed by atoms with Crippen molar-refractivity contribution in [2.75, 3.05) is 27.2 Å². The van der Waals surface area contributed by atoms with Crippen LogP contribution in [0, 0.1) is 0 Å². The number of guanidine groups is 1. The van der Waals surface area contributed by atoms with Crippen LogP contribution in [0.3, 0.4) is 0 Å². The molecule has 0 unspecified atom stereocenters. The van der Waals surface area contributed by atoms with Crippen molar-refractivity contribution in [3.63, 3.8) is 0 Å². The molecule has 7 nitrogen and oxygen atoms in total. The molecule has 8 heteroatoms. The monoisotopic (exact) mass is 462 g/mol. The number of halogens is 1. The van der Waals surface area contributed by atoms with E-state index in [0.29, 0.717) is 6.04 Å². The van der Waals surface area contributed by atoms with Crippen LogP contribution in [0.1, 0.15) is 38.5 Å². The molecule has 1 heterocycles. The van der Waals surface area contributed by atoms with E-state index in [0.717, 1.165) is 25.5 Å². The van der Waals surface area contributed by atoms with E-state index in [2.05, 4.69) is 20.7 Å². The lowest BCUT2D eigenvalue weighted by Crippen LogP contribution is -2.45. The number of rotatable bonds is 7. The van der Waals surface area contributed by atoms with Crippen LogP contribution in [0.2, 0.25) is 0 Å². The second-order valence-corrected chi connectivity index (χ2v) is 6.48. The molecular weight excluding hydrogens is 431 g/mol. The highest BCUT2D eigenvalue weighted by Crippen LogP contribution is 2.17. The lowest BCUT2D eigenvalue weighted by Gasteiger charge is -2.25. The van der Waals surface area contributed by atoms with Crippen molar-refractivity contribution >= 4 is 35.8 Å². The minimum atomic E-state index is 0. The zero-order valence-electron chi connectivity index (χ0n) is 15.3. The molecule has 1 aromatic heterocycles. The highest BCUT2D eigenvalue weighted by Gasteiger charge is 2.15. The molecule has 0 bridgehead atoms. The Morgan fingerprint density at radius 3 is 2.72 bits per heavy atom. The smallest absolute Gasteiger partial charge is 0.243 e. The summed E-state index contributed by atoms with van der Waals surface area (Å²) < 4.78 is 1.92. The minimum absolute atomic E-state index is 0. The van der Waals surface area contributed by atoms with Gasteiger partial charge in [0.25, 0.3) is 0 Å². The van der Waals surface area contributed by atoms with Gasteiger partial charge in [0, 0.05) is 45.6 Å². The number of aromatic nitrogens is 2. The van der Waals surface area contributed by atoms with E-state index in [-0.39, 0.29) is 36.4 Å². The first-order valence-corrected chi connectivity index (χ1v) is 8.87. The van der Waals surface area contributed by atoms with Crippen LogP contribution in [-0.2, 0) is 11.3 Å². The molecule has 0 atom stereocenters. The van der Waals surface area contributed by atoms with Crippen molar-refractivity contribution in [3.05, 3.63) is 18.5 Å². The maximum atomic E-state index is 11.8. The molecule has 25 heavy (non-hydrogen) atoms. The van der Waals surface area contributed by atoms with Gasteiger partial charge in [-0.15, -0.1) is 24.0 Å². The van der Waals surface area contributed by atoms with Crippen LogP contribution in [0.5, 0.6) is 0 Å². The molecule has 1 aliphatic carbocycles. The lowest BCUT2D eigenvalue weighted by molar-refractivity contribution is -0.127. The molecular formula is C17H31IN6O. The molecule has 1 aromatic rings. The van der Waals surface area contributed by atoms with Crippen LogP contribution in [0.15, 0.2) is 23.5 Å². The Morgan fingerprint density at radius 1 is 1.32 bits per heavy atom. The van der Waals surface area contributed by atoms with Gasteiger partial charge in [-0.1, -0.05) is 19.3 Å². The molecule has 0 aliphatic heterocycles. The molecule has 1 amide bonds. The van der Waals surface area contributed by atoms with E-state index in [4.69, 9.17) is 0 Å². The predicted octanol–water partition coefficient (Wildman–Crippen LogP) is 1.85. The average molecular weight is 462 g/mol. The maximum Gasteiger partial charge on any atom is 0.243 e. The molecule has 1 aliphatic rings. The summed E-state index contributed by atoms with van der Waals surface area (Å²) in [6, 6.07) is 2.39. The van der Waals surface area contributed by atoms with Crippen molar-refractivity contribution in [1.82, 2.24) is 25.3 Å². The number of aryl methyl sites for hydroxylation is 1. The Morgan fingerprint density at radius 2 is 2.08 bits per heavy atom. The van der Waals surface area contributed by atoms with Crippen molar-refractivity contribution in [2.45, 2.75) is 51.1 Å². The summed E-state index contributed by atoms with van der Waals surface area (Å²) in [5, 5.41) is 11.0. The van der Waals surface area contributed by atoms with Crippen LogP contribution in [0.4, 0.5) is 0 Å². The summed E-state index contributed by atoms with van der Waals surface area (Å²) in [7, 11) is 3.51. The first-order chi connectivity index (χ1) is 11.6. The quantitative estimate of drug-likeness (QED) is 0.281. The summed E-state index contributed by atoms with van der Waals surface area (Å²) in [5.41, 5.74) is 0. The number of nitrogens with zero attached hydrogens (tertiary/aromatic N) is 4. The summed E-state index contributed by atoms with van der Waals surface area (Å²) in [6.07, 6.45) is 10.9. The standard InChI is InChI=1S/C17H30N6O.HI/c1-22(2)16(24)14-19-17(21-15-8-4-3-5-9-15)18-10-6-12-23-13-7-11-20-23;/h7,11,13,15H,3-6,8-10,12,14H2,1-2H3,(H2,18,19,21);1H. The predicted molar refractivity (Wildman–Crippen MR) is 111 cm³/mol. The molecule has 2 N–H and O–H groups in total. The van der Waals surface area contributed by atoms with Crippen molar-refractivity contribution in [1.29, 1.82) is 0 Å². The number of aliphatic imine (C=N–C) groups is 1. The first kappa shape index (κ1) is 21.7. The van der Waals surface area contributed by atoms with Gasteiger partial charge >= 0.3 is 0 Å². The maximum absolute atomic E-state index is 11.8. The van der Waals surface area contributed by atoms with Gasteiger partial charge in [0.1, 0.15) is 6.54 Å². The third-order valence-electron chi connectivity index (χ3n) is 4.23. The Bertz CT molecular complexity index is 511. The third-order valence-corrected chi connectivity index (χ3v) is 4.23. The van der Waals surface area contributed by atoms with Gasteiger partial charge in [0.2, 0.25) is 5.91 Å². The molecule has 0 radical (unpaired) electrons. The lowest BCUT2D eigenvalue weighted by atomic mass is 9.96. The Kier molecular flexibility index (Phi) is 10.5. The topological polar surface area (TPSA) is 74.5 Å². The Balaban J connectivity index is 0.00000312. The summed E-state index contributed by atoms with van der Waals surface area (Å²) in [4.78, 5) is 17.8. The van der Waals surface area contributed by atoms with Crippen molar-refractivity contribution < 1.29 is 4.79 Å². The summed E-state index contributed by atoms with van der Waals surface area (Å²) in [5.74, 6) is 0.758. The molecule has 1 saturated carbocycles. The zero-order chi connectivity index (χ0) is 17.2. The van der Waals surface area contributed by atoms with E-state index in [1.807, 2.05) is 16.9 Å². The first-order valence-electron chi connectivity index (χ1n) is 8.87. The van der Waals surface area contributed by atoms with E-state index >= 15 is 0 Å². The number of carbonyl (C=O) groups is 1. The molecule has 142 valence electrons. The van der Waals surface area contributed by atoms with Crippen LogP contribution >= 0.6 is 24.0 Å². The third kappa shape index (κ3) is 8.55. The summed E-state index contributed by atoms with van der Waals surface area (Å²) >= 11 is 0. The molecule has 0 aromatic carbocycles. The highest BCUT2D eigenvalue weighted by molar-refractivity contribution is 14.0. The van der Waals surface area contributed by atoms with Crippen molar-refractivity contribution in [3.8, 4) is 0 Å². The van der Waals surface area contributed by atoms with E-state index in [1.165, 1.54) is 32.1 Å². The van der Waals surface area contributed by atoms with Crippen LogP contribution in [0.25, 0.3) is 0 Å². The number of hydrogen-bond acceptors (Lipinski definition) is 3. The second-order valence-electron chi connectivity index (χ2n) is 6.48. The number of nitrogens with one attached hydrogen (secondary N) is 2. The van der Waals surface area contributed by atoms with Gasteiger partial charge in [0.15, 0.2) is 5.96 Å². The number of hydrogen-bond donors (Lipinski definition) is 2. The van der Waals surface area contributed by atoms with Crippen molar-refractivity contribution in [2.24, 2.45) is 4.99 Å². The minimum Gasteiger partial charge on any atom is -0.356 e. The van der Waals surface area contributed by atoms with E-state index in [9.17, 15) is 4.79 Å². The van der Waals surface area contributed by atoms with E-state index < -0.39 is 0 Å². The van der Waals surface area contributed by atoms with Gasteiger partial charge < -0.3 is 15.5 Å². The SMILES string of the molecule is CN(C)C(=O)CN=C(NCCCn1cccn1)NC1CCCCC1.I. The molecule has 0 saturated heterocycles. The normalized spacial score (nSPS) is 15.4. The average Bonchev–Trinajstić information content (AvgIpc) is 3.10. The number of amides is 1. The second kappa shape index (κ2) is 12.1. The fourth-order valence-electron chi connectivity index (χ4n) is 2.76. The van der Waals surface area contributed by atoms with Gasteiger partial charge in [-0.25, -0.2) is 4.99 Å². The Hall–Kier alpha value is -1.32. The Labute approximate surface area is 167 Å². The van der Waals surface area contributed by atoms with Gasteiger partial charge in [-0.3, -0.25) is 9.48 Å². The number of likely N-dealkylation sites (N-methyl/N-ethyl adjacent to an activating group) is 1. The highest BCUT2D eigenvalue weighted by atomic mass is 127.